The Morgan fingerprint density at radius 1 is 0.350 bits per heavy atom. The molecule has 40 heavy (non-hydrogen) atoms. The first kappa shape index (κ1) is 30.5. The SMILES string of the molecule is [F][Sb-]([F])([F])([F])([F])[F].c1ccc(Sc2ccc(Sc3ccc([S+](c4ccccc4)c4ccccc4)cc3)cc2)cc1. The Hall–Kier alpha value is -2.45. The summed E-state index contributed by atoms with van der Waals surface area (Å²) in [6.07, 6.45) is 0. The third-order valence-corrected chi connectivity index (χ3v) is 9.32. The van der Waals surface area contributed by atoms with Crippen molar-refractivity contribution in [3.8, 4) is 0 Å². The van der Waals surface area contributed by atoms with Crippen molar-refractivity contribution in [3.05, 3.63) is 140 Å². The normalized spacial score (nSPS) is 13.1. The van der Waals surface area contributed by atoms with Crippen LogP contribution in [0.3, 0.4) is 0 Å². The molecule has 0 unspecified atom stereocenters. The molecule has 0 aliphatic rings. The van der Waals surface area contributed by atoms with Gasteiger partial charge in [-0.05, 0) is 84.9 Å². The fourth-order valence-electron chi connectivity index (χ4n) is 3.50. The van der Waals surface area contributed by atoms with E-state index in [9.17, 15) is 16.9 Å². The van der Waals surface area contributed by atoms with Crippen LogP contribution in [0.5, 0.6) is 0 Å². The second-order valence-electron chi connectivity index (χ2n) is 8.35. The molecule has 0 aromatic heterocycles. The van der Waals surface area contributed by atoms with Gasteiger partial charge in [-0.15, -0.1) is 0 Å². The smallest absolute Gasteiger partial charge is 0.0901 e. The maximum atomic E-state index is 9.93. The number of halogens is 6. The summed E-state index contributed by atoms with van der Waals surface area (Å²) in [5.74, 6) is 0. The Kier molecular flexibility index (Phi) is 9.30. The van der Waals surface area contributed by atoms with E-state index in [0.29, 0.717) is 0 Å². The molecule has 0 fully saturated rings. The third-order valence-electron chi connectivity index (χ3n) is 5.06. The molecule has 0 saturated heterocycles. The molecule has 0 heterocycles. The Morgan fingerprint density at radius 2 is 0.600 bits per heavy atom. The van der Waals surface area contributed by atoms with Crippen molar-refractivity contribution in [2.45, 2.75) is 34.3 Å². The van der Waals surface area contributed by atoms with Crippen LogP contribution in [0, 0.1) is 0 Å². The van der Waals surface area contributed by atoms with Crippen LogP contribution in [0.4, 0.5) is 16.9 Å². The molecule has 10 heteroatoms. The molecule has 5 aromatic rings. The molecule has 0 aliphatic carbocycles. The minimum absolute atomic E-state index is 0.104. The van der Waals surface area contributed by atoms with E-state index in [0.717, 1.165) is 0 Å². The van der Waals surface area contributed by atoms with Crippen LogP contribution in [-0.4, -0.2) is 19.5 Å². The summed E-state index contributed by atoms with van der Waals surface area (Å²) in [5, 5.41) is 0. The Bertz CT molecular complexity index is 1450. The zero-order valence-corrected chi connectivity index (χ0v) is 25.7. The van der Waals surface area contributed by atoms with E-state index in [1.165, 1.54) is 34.3 Å². The van der Waals surface area contributed by atoms with E-state index in [4.69, 9.17) is 0 Å². The summed E-state index contributed by atoms with van der Waals surface area (Å²) in [6.45, 7) is 0. The van der Waals surface area contributed by atoms with Crippen molar-refractivity contribution >= 4 is 53.9 Å². The van der Waals surface area contributed by atoms with Crippen LogP contribution in [0.2, 0.25) is 0 Å². The minimum Gasteiger partial charge on any atom is -0.0901 e. The van der Waals surface area contributed by atoms with Crippen LogP contribution >= 0.6 is 23.5 Å². The van der Waals surface area contributed by atoms with Crippen LogP contribution in [-0.2, 0) is 10.9 Å². The molecule has 0 atom stereocenters. The van der Waals surface area contributed by atoms with E-state index >= 15 is 0 Å². The van der Waals surface area contributed by atoms with E-state index in [1.54, 1.807) is 11.8 Å². The zero-order valence-electron chi connectivity index (χ0n) is 20.7. The van der Waals surface area contributed by atoms with Crippen molar-refractivity contribution in [1.29, 1.82) is 0 Å². The Morgan fingerprint density at radius 3 is 0.950 bits per heavy atom. The summed E-state index contributed by atoms with van der Waals surface area (Å²) >= 11 is -7.65. The van der Waals surface area contributed by atoms with Gasteiger partial charge in [-0.1, -0.05) is 78.1 Å². The van der Waals surface area contributed by atoms with Gasteiger partial charge in [0.25, 0.3) is 0 Å². The molecule has 5 rings (SSSR count). The topological polar surface area (TPSA) is 0 Å². The van der Waals surface area contributed by atoms with E-state index in [2.05, 4.69) is 140 Å². The second kappa shape index (κ2) is 12.2. The summed E-state index contributed by atoms with van der Waals surface area (Å²) in [4.78, 5) is 9.06. The number of hydrogen-bond acceptors (Lipinski definition) is 2. The maximum absolute atomic E-state index is 11.2. The summed E-state index contributed by atoms with van der Waals surface area (Å²) in [7, 11) is -0.104. The zero-order chi connectivity index (χ0) is 28.7. The molecule has 0 spiro atoms. The molecular formula is C30H23F6S3Sb. The summed E-state index contributed by atoms with van der Waals surface area (Å²) in [6, 6.07) is 50.0. The van der Waals surface area contributed by atoms with E-state index in [1.807, 2.05) is 11.8 Å². The summed E-state index contributed by atoms with van der Waals surface area (Å²) in [5.41, 5.74) is 0. The van der Waals surface area contributed by atoms with Crippen LogP contribution in [0.1, 0.15) is 0 Å². The average Bonchev–Trinajstić information content (AvgIpc) is 2.91. The van der Waals surface area contributed by atoms with Gasteiger partial charge in [0, 0.05) is 19.6 Å². The van der Waals surface area contributed by atoms with Gasteiger partial charge in [0.05, 0.1) is 10.9 Å². The van der Waals surface area contributed by atoms with Gasteiger partial charge in [-0.2, -0.15) is 0 Å². The average molecular weight is 715 g/mol. The molecule has 0 radical (unpaired) electrons. The van der Waals surface area contributed by atoms with Gasteiger partial charge in [-0.3, -0.25) is 0 Å². The van der Waals surface area contributed by atoms with Gasteiger partial charge in [0.1, 0.15) is 0 Å². The molecular weight excluding hydrogens is 692 g/mol. The molecule has 5 aromatic carbocycles. The monoisotopic (exact) mass is 714 g/mol. The predicted molar refractivity (Wildman–Crippen MR) is 155 cm³/mol. The first-order valence-corrected chi connectivity index (χ1v) is 20.5. The number of rotatable bonds is 7. The van der Waals surface area contributed by atoms with Crippen LogP contribution < -0.4 is 0 Å². The quantitative estimate of drug-likeness (QED) is 0.0935. The molecule has 0 aliphatic heterocycles. The summed E-state index contributed by atoms with van der Waals surface area (Å²) < 4.78 is 59.6. The van der Waals surface area contributed by atoms with Gasteiger partial charge < -0.3 is 0 Å². The molecule has 0 bridgehead atoms. The van der Waals surface area contributed by atoms with Crippen molar-refractivity contribution in [2.75, 3.05) is 0 Å². The fourth-order valence-corrected chi connectivity index (χ4v) is 7.24. The van der Waals surface area contributed by atoms with Crippen LogP contribution in [0.15, 0.2) is 174 Å². The molecule has 0 nitrogen and oxygen atoms in total. The van der Waals surface area contributed by atoms with Crippen molar-refractivity contribution < 1.29 is 16.9 Å². The van der Waals surface area contributed by atoms with E-state index < -0.39 is 19.5 Å². The number of hydrogen-bond donors (Lipinski definition) is 0. The van der Waals surface area contributed by atoms with Crippen LogP contribution in [0.25, 0.3) is 0 Å². The van der Waals surface area contributed by atoms with Gasteiger partial charge in [0.15, 0.2) is 14.7 Å². The largest absolute Gasteiger partial charge is 0.166 e. The number of benzene rings is 5. The standard InChI is InChI=1S/C30H23S3.6FH.Sb/c1-4-10-24(11-5-1)31-25-16-18-26(19-17-25)32-27-20-22-30(23-21-27)33(28-12-6-2-7-13-28)29-14-8-3-9-15-29;;;;;;;/h1-23H;6*1H;/q+1;;;;;;;+5/p-6. The molecule has 0 N–H and O–H groups in total. The third kappa shape index (κ3) is 11.2. The first-order chi connectivity index (χ1) is 18.8. The van der Waals surface area contributed by atoms with Crippen molar-refractivity contribution in [3.63, 3.8) is 0 Å². The van der Waals surface area contributed by atoms with Gasteiger partial charge >= 0.3 is 36.4 Å². The molecule has 208 valence electrons. The minimum atomic E-state index is -11.2. The molecule has 0 amide bonds. The Balaban J connectivity index is 0.000000470. The maximum Gasteiger partial charge on any atom is 0.166 e. The predicted octanol–water partition coefficient (Wildman–Crippen LogP) is 11.2. The Labute approximate surface area is 243 Å². The second-order valence-corrected chi connectivity index (χ2v) is 18.1. The van der Waals surface area contributed by atoms with E-state index in [-0.39, 0.29) is 10.9 Å². The van der Waals surface area contributed by atoms with Gasteiger partial charge in [-0.25, -0.2) is 0 Å². The fraction of sp³-hybridized carbons (Fsp3) is 0. The first-order valence-electron chi connectivity index (χ1n) is 11.8. The van der Waals surface area contributed by atoms with Gasteiger partial charge in [0.2, 0.25) is 0 Å². The van der Waals surface area contributed by atoms with Crippen molar-refractivity contribution in [2.24, 2.45) is 0 Å². The van der Waals surface area contributed by atoms with Crippen molar-refractivity contribution in [1.82, 2.24) is 0 Å². The molecule has 0 saturated carbocycles.